The average molecular weight is 333 g/mol. The van der Waals surface area contributed by atoms with Crippen LogP contribution >= 0.6 is 0 Å². The lowest BCUT2D eigenvalue weighted by atomic mass is 10.2. The molecule has 6 nitrogen and oxygen atoms in total. The van der Waals surface area contributed by atoms with Gasteiger partial charge in [0.1, 0.15) is 17.3 Å². The second-order valence-corrected chi connectivity index (χ2v) is 5.68. The highest BCUT2D eigenvalue weighted by molar-refractivity contribution is 6.03. The van der Waals surface area contributed by atoms with Crippen molar-refractivity contribution < 1.29 is 4.79 Å². The molecule has 0 radical (unpaired) electrons. The molecule has 3 aromatic rings. The van der Waals surface area contributed by atoms with Crippen LogP contribution in [-0.4, -0.2) is 20.9 Å². The molecule has 0 saturated heterocycles. The van der Waals surface area contributed by atoms with Gasteiger partial charge in [0.05, 0.1) is 12.2 Å². The minimum atomic E-state index is -0.267. The maximum atomic E-state index is 12.5. The molecule has 0 aliphatic carbocycles. The summed E-state index contributed by atoms with van der Waals surface area (Å²) in [4.78, 5) is 25.3. The third-order valence-electron chi connectivity index (χ3n) is 3.52. The summed E-state index contributed by atoms with van der Waals surface area (Å²) < 4.78 is 0. The quantitative estimate of drug-likeness (QED) is 0.748. The molecular formula is C19H19N5O. The van der Waals surface area contributed by atoms with Crippen LogP contribution in [0.25, 0.3) is 0 Å². The molecule has 0 atom stereocenters. The van der Waals surface area contributed by atoms with Gasteiger partial charge < -0.3 is 10.6 Å². The van der Waals surface area contributed by atoms with Crippen molar-refractivity contribution in [1.29, 1.82) is 0 Å². The second-order valence-electron chi connectivity index (χ2n) is 5.68. The third kappa shape index (κ3) is 4.60. The van der Waals surface area contributed by atoms with E-state index < -0.39 is 0 Å². The fraction of sp³-hybridized carbons (Fsp3) is 0.158. The standard InChI is InChI=1S/C19H19N5O/c1-13-6-5-8-15(10-13)24-19(25)17-11-18(23-14(2)22-17)21-12-16-7-3-4-9-20-16/h3-11H,12H2,1-2H3,(H,24,25)(H,21,22,23). The Morgan fingerprint density at radius 2 is 1.92 bits per heavy atom. The van der Waals surface area contributed by atoms with Gasteiger partial charge in [-0.1, -0.05) is 18.2 Å². The Bertz CT molecular complexity index is 880. The molecule has 2 heterocycles. The Balaban J connectivity index is 1.73. The molecule has 2 N–H and O–H groups in total. The number of hydrogen-bond donors (Lipinski definition) is 2. The van der Waals surface area contributed by atoms with E-state index in [9.17, 15) is 4.79 Å². The second kappa shape index (κ2) is 7.53. The minimum Gasteiger partial charge on any atom is -0.364 e. The van der Waals surface area contributed by atoms with Crippen molar-refractivity contribution in [3.63, 3.8) is 0 Å². The average Bonchev–Trinajstić information content (AvgIpc) is 2.60. The number of amides is 1. The molecule has 0 fully saturated rings. The first-order chi connectivity index (χ1) is 12.1. The molecule has 6 heteroatoms. The van der Waals surface area contributed by atoms with Gasteiger partial charge in [0.25, 0.3) is 5.91 Å². The van der Waals surface area contributed by atoms with Gasteiger partial charge in [0.2, 0.25) is 0 Å². The molecule has 2 aromatic heterocycles. The van der Waals surface area contributed by atoms with Crippen molar-refractivity contribution in [2.75, 3.05) is 10.6 Å². The predicted octanol–water partition coefficient (Wildman–Crippen LogP) is 3.35. The summed E-state index contributed by atoms with van der Waals surface area (Å²) in [6.45, 7) is 4.26. The normalized spacial score (nSPS) is 10.3. The highest BCUT2D eigenvalue weighted by atomic mass is 16.1. The van der Waals surface area contributed by atoms with E-state index in [1.54, 1.807) is 19.2 Å². The zero-order valence-electron chi connectivity index (χ0n) is 14.2. The van der Waals surface area contributed by atoms with Crippen molar-refractivity contribution >= 4 is 17.4 Å². The lowest BCUT2D eigenvalue weighted by Crippen LogP contribution is -2.16. The van der Waals surface area contributed by atoms with Gasteiger partial charge in [-0.05, 0) is 43.7 Å². The number of rotatable bonds is 5. The SMILES string of the molecule is Cc1cccc(NC(=O)c2cc(NCc3ccccn3)nc(C)n2)c1. The number of carbonyl (C=O) groups excluding carboxylic acids is 1. The van der Waals surface area contributed by atoms with Crippen LogP contribution in [0.5, 0.6) is 0 Å². The van der Waals surface area contributed by atoms with Gasteiger partial charge in [-0.15, -0.1) is 0 Å². The van der Waals surface area contributed by atoms with Crippen LogP contribution < -0.4 is 10.6 Å². The number of anilines is 2. The zero-order chi connectivity index (χ0) is 17.6. The molecule has 0 saturated carbocycles. The maximum Gasteiger partial charge on any atom is 0.274 e. The summed E-state index contributed by atoms with van der Waals surface area (Å²) in [5, 5.41) is 6.03. The Morgan fingerprint density at radius 3 is 2.68 bits per heavy atom. The van der Waals surface area contributed by atoms with Crippen molar-refractivity contribution in [2.45, 2.75) is 20.4 Å². The molecular weight excluding hydrogens is 314 g/mol. The number of aryl methyl sites for hydroxylation is 2. The topological polar surface area (TPSA) is 79.8 Å². The van der Waals surface area contributed by atoms with Crippen LogP contribution in [0.1, 0.15) is 27.6 Å². The van der Waals surface area contributed by atoms with Crippen LogP contribution in [0.3, 0.4) is 0 Å². The molecule has 1 aromatic carbocycles. The molecule has 0 bridgehead atoms. The Kier molecular flexibility index (Phi) is 4.99. The summed E-state index contributed by atoms with van der Waals surface area (Å²) in [5.74, 6) is 0.852. The highest BCUT2D eigenvalue weighted by Gasteiger charge is 2.11. The summed E-state index contributed by atoms with van der Waals surface area (Å²) in [5.41, 5.74) is 3.03. The van der Waals surface area contributed by atoms with Crippen LogP contribution in [0.15, 0.2) is 54.7 Å². The highest BCUT2D eigenvalue weighted by Crippen LogP contribution is 2.13. The van der Waals surface area contributed by atoms with E-state index >= 15 is 0 Å². The Morgan fingerprint density at radius 1 is 1.04 bits per heavy atom. The van der Waals surface area contributed by atoms with Gasteiger partial charge >= 0.3 is 0 Å². The number of nitrogens with one attached hydrogen (secondary N) is 2. The third-order valence-corrected chi connectivity index (χ3v) is 3.52. The minimum absolute atomic E-state index is 0.267. The molecule has 3 rings (SSSR count). The monoisotopic (exact) mass is 333 g/mol. The van der Waals surface area contributed by atoms with E-state index in [0.717, 1.165) is 16.9 Å². The van der Waals surface area contributed by atoms with Gasteiger partial charge in [0, 0.05) is 18.0 Å². The van der Waals surface area contributed by atoms with Crippen LogP contribution in [0.4, 0.5) is 11.5 Å². The number of nitrogens with zero attached hydrogens (tertiary/aromatic N) is 3. The molecule has 0 spiro atoms. The van der Waals surface area contributed by atoms with Crippen molar-refractivity contribution in [3.05, 3.63) is 77.5 Å². The number of benzene rings is 1. The van der Waals surface area contributed by atoms with Gasteiger partial charge in [-0.3, -0.25) is 9.78 Å². The van der Waals surface area contributed by atoms with Gasteiger partial charge in [-0.25, -0.2) is 9.97 Å². The number of carbonyl (C=O) groups is 1. The zero-order valence-corrected chi connectivity index (χ0v) is 14.2. The summed E-state index contributed by atoms with van der Waals surface area (Å²) in [7, 11) is 0. The largest absolute Gasteiger partial charge is 0.364 e. The first-order valence-corrected chi connectivity index (χ1v) is 7.97. The van der Waals surface area contributed by atoms with E-state index in [1.165, 1.54) is 0 Å². The van der Waals surface area contributed by atoms with E-state index in [1.807, 2.05) is 49.4 Å². The number of pyridine rings is 1. The fourth-order valence-corrected chi connectivity index (χ4v) is 2.38. The Labute approximate surface area is 146 Å². The van der Waals surface area contributed by atoms with Crippen molar-refractivity contribution in [1.82, 2.24) is 15.0 Å². The van der Waals surface area contributed by atoms with E-state index in [2.05, 4.69) is 25.6 Å². The van der Waals surface area contributed by atoms with Crippen molar-refractivity contribution in [3.8, 4) is 0 Å². The lowest BCUT2D eigenvalue weighted by Gasteiger charge is -2.09. The molecule has 25 heavy (non-hydrogen) atoms. The van der Waals surface area contributed by atoms with E-state index in [-0.39, 0.29) is 5.91 Å². The Hall–Kier alpha value is -3.28. The predicted molar refractivity (Wildman–Crippen MR) is 97.5 cm³/mol. The smallest absolute Gasteiger partial charge is 0.274 e. The lowest BCUT2D eigenvalue weighted by molar-refractivity contribution is 0.102. The maximum absolute atomic E-state index is 12.5. The molecule has 0 aliphatic heterocycles. The molecule has 1 amide bonds. The molecule has 0 unspecified atom stereocenters. The summed E-state index contributed by atoms with van der Waals surface area (Å²) in [6, 6.07) is 15.0. The number of hydrogen-bond acceptors (Lipinski definition) is 5. The van der Waals surface area contributed by atoms with Crippen LogP contribution in [0, 0.1) is 13.8 Å². The van der Waals surface area contributed by atoms with E-state index in [0.29, 0.717) is 23.9 Å². The summed E-state index contributed by atoms with van der Waals surface area (Å²) >= 11 is 0. The van der Waals surface area contributed by atoms with E-state index in [4.69, 9.17) is 0 Å². The first-order valence-electron chi connectivity index (χ1n) is 7.97. The molecule has 126 valence electrons. The van der Waals surface area contributed by atoms with Crippen molar-refractivity contribution in [2.24, 2.45) is 0 Å². The van der Waals surface area contributed by atoms with Gasteiger partial charge in [-0.2, -0.15) is 0 Å². The molecule has 0 aliphatic rings. The van der Waals surface area contributed by atoms with Gasteiger partial charge in [0.15, 0.2) is 0 Å². The first kappa shape index (κ1) is 16.6. The number of aromatic nitrogens is 3. The fourth-order valence-electron chi connectivity index (χ4n) is 2.38. The summed E-state index contributed by atoms with van der Waals surface area (Å²) in [6.07, 6.45) is 1.74. The van der Waals surface area contributed by atoms with Crippen LogP contribution in [0.2, 0.25) is 0 Å². The van der Waals surface area contributed by atoms with Crippen LogP contribution in [-0.2, 0) is 6.54 Å².